The summed E-state index contributed by atoms with van der Waals surface area (Å²) in [5.74, 6) is -0.187. The maximum atomic E-state index is 12.1. The molecule has 1 N–H and O–H groups in total. The molecule has 0 aromatic heterocycles. The maximum Gasteiger partial charge on any atom is 0.243 e. The summed E-state index contributed by atoms with van der Waals surface area (Å²) >= 11 is 9.58. The van der Waals surface area contributed by atoms with Crippen LogP contribution in [0.4, 0.5) is 0 Å². The Hall–Kier alpha value is -1.32. The Labute approximate surface area is 132 Å². The molecule has 2 aromatic rings. The topological polar surface area (TPSA) is 29.1 Å². The number of nitrogens with one attached hydrogen (secondary N) is 1. The van der Waals surface area contributed by atoms with Crippen LogP contribution in [0.25, 0.3) is 0 Å². The molecule has 1 unspecified atom stereocenters. The van der Waals surface area contributed by atoms with E-state index in [4.69, 9.17) is 11.6 Å². The number of rotatable bonds is 4. The number of benzene rings is 2. The highest BCUT2D eigenvalue weighted by molar-refractivity contribution is 9.10. The zero-order valence-electron chi connectivity index (χ0n) is 11.0. The van der Waals surface area contributed by atoms with Crippen LogP contribution in [0.1, 0.15) is 29.5 Å². The lowest BCUT2D eigenvalue weighted by atomic mass is 10.1. The van der Waals surface area contributed by atoms with E-state index in [1.807, 2.05) is 61.5 Å². The van der Waals surface area contributed by atoms with Crippen LogP contribution in [0.2, 0.25) is 0 Å². The Balaban J connectivity index is 2.02. The van der Waals surface area contributed by atoms with Crippen molar-refractivity contribution >= 4 is 33.4 Å². The smallest absolute Gasteiger partial charge is 0.243 e. The molecule has 0 radical (unpaired) electrons. The third kappa shape index (κ3) is 3.84. The van der Waals surface area contributed by atoms with E-state index < -0.39 is 5.38 Å². The summed E-state index contributed by atoms with van der Waals surface area (Å²) in [5, 5.41) is 2.26. The molecule has 2 nitrogen and oxygen atoms in total. The van der Waals surface area contributed by atoms with E-state index in [2.05, 4.69) is 21.2 Å². The van der Waals surface area contributed by atoms with Crippen molar-refractivity contribution in [1.29, 1.82) is 0 Å². The van der Waals surface area contributed by atoms with Gasteiger partial charge < -0.3 is 5.32 Å². The van der Waals surface area contributed by atoms with Crippen molar-refractivity contribution in [3.63, 3.8) is 0 Å². The minimum atomic E-state index is -0.672. The minimum absolute atomic E-state index is 0.0828. The molecule has 0 aliphatic carbocycles. The van der Waals surface area contributed by atoms with Gasteiger partial charge in [0.2, 0.25) is 5.91 Å². The molecular formula is C16H15BrClNO. The molecule has 0 spiro atoms. The van der Waals surface area contributed by atoms with Crippen molar-refractivity contribution in [2.24, 2.45) is 0 Å². The molecular weight excluding hydrogens is 338 g/mol. The van der Waals surface area contributed by atoms with Gasteiger partial charge in [-0.2, -0.15) is 0 Å². The highest BCUT2D eigenvalue weighted by Crippen LogP contribution is 2.22. The fourth-order valence-corrected chi connectivity index (χ4v) is 2.37. The van der Waals surface area contributed by atoms with Crippen molar-refractivity contribution in [2.75, 3.05) is 0 Å². The molecule has 1 amide bonds. The molecule has 0 fully saturated rings. The number of carbonyl (C=O) groups excluding carboxylic acids is 1. The van der Waals surface area contributed by atoms with E-state index in [1.165, 1.54) is 0 Å². The highest BCUT2D eigenvalue weighted by atomic mass is 79.9. The van der Waals surface area contributed by atoms with Crippen molar-refractivity contribution in [3.05, 3.63) is 70.2 Å². The molecule has 4 heteroatoms. The van der Waals surface area contributed by atoms with Crippen LogP contribution in [0.5, 0.6) is 0 Å². The van der Waals surface area contributed by atoms with E-state index in [0.29, 0.717) is 0 Å². The Kier molecular flexibility index (Phi) is 5.21. The Morgan fingerprint density at radius 2 is 1.65 bits per heavy atom. The fraction of sp³-hybridized carbons (Fsp3) is 0.188. The Bertz CT molecular complexity index is 571. The van der Waals surface area contributed by atoms with Crippen LogP contribution < -0.4 is 5.32 Å². The fourth-order valence-electron chi connectivity index (χ4n) is 1.89. The average Bonchev–Trinajstić information content (AvgIpc) is 2.48. The monoisotopic (exact) mass is 351 g/mol. The summed E-state index contributed by atoms with van der Waals surface area (Å²) in [6.07, 6.45) is 0. The summed E-state index contributed by atoms with van der Waals surface area (Å²) in [7, 11) is 0. The summed E-state index contributed by atoms with van der Waals surface area (Å²) in [6.45, 7) is 1.94. The molecule has 0 aliphatic heterocycles. The SMILES string of the molecule is C[C@@H](NC(=O)C(Cl)c1ccccc1)c1ccc(Br)cc1. The number of amides is 1. The van der Waals surface area contributed by atoms with E-state index in [1.54, 1.807) is 0 Å². The van der Waals surface area contributed by atoms with Crippen molar-refractivity contribution in [3.8, 4) is 0 Å². The van der Waals surface area contributed by atoms with E-state index in [9.17, 15) is 4.79 Å². The van der Waals surface area contributed by atoms with Crippen molar-refractivity contribution < 1.29 is 4.79 Å². The number of halogens is 2. The van der Waals surface area contributed by atoms with Gasteiger partial charge in [0.25, 0.3) is 0 Å². The lowest BCUT2D eigenvalue weighted by molar-refractivity contribution is -0.121. The molecule has 0 saturated carbocycles. The van der Waals surface area contributed by atoms with Crippen LogP contribution in [0, 0.1) is 0 Å². The first kappa shape index (κ1) is 15.1. The van der Waals surface area contributed by atoms with Gasteiger partial charge in [-0.1, -0.05) is 58.4 Å². The molecule has 104 valence electrons. The second-order valence-corrected chi connectivity index (χ2v) is 5.91. The zero-order valence-corrected chi connectivity index (χ0v) is 13.4. The largest absolute Gasteiger partial charge is 0.348 e. The molecule has 2 atom stereocenters. The summed E-state index contributed by atoms with van der Waals surface area (Å²) in [4.78, 5) is 12.1. The van der Waals surface area contributed by atoms with Gasteiger partial charge >= 0.3 is 0 Å². The standard InChI is InChI=1S/C16H15BrClNO/c1-11(12-7-9-14(17)10-8-12)19-16(20)15(18)13-5-3-2-4-6-13/h2-11,15H,1H3,(H,19,20)/t11-,15?/m1/s1. The normalized spacial score (nSPS) is 13.6. The first-order chi connectivity index (χ1) is 9.58. The molecule has 2 aromatic carbocycles. The minimum Gasteiger partial charge on any atom is -0.348 e. The van der Waals surface area contributed by atoms with Crippen LogP contribution >= 0.6 is 27.5 Å². The number of carbonyl (C=O) groups is 1. The summed E-state index contributed by atoms with van der Waals surface area (Å²) < 4.78 is 1.01. The van der Waals surface area contributed by atoms with E-state index in [0.717, 1.165) is 15.6 Å². The summed E-state index contributed by atoms with van der Waals surface area (Å²) in [5.41, 5.74) is 1.84. The number of hydrogen-bond acceptors (Lipinski definition) is 1. The average molecular weight is 353 g/mol. The first-order valence-electron chi connectivity index (χ1n) is 6.33. The quantitative estimate of drug-likeness (QED) is 0.800. The number of hydrogen-bond donors (Lipinski definition) is 1. The van der Waals surface area contributed by atoms with Crippen molar-refractivity contribution in [2.45, 2.75) is 18.3 Å². The lowest BCUT2D eigenvalue weighted by Crippen LogP contribution is -2.29. The zero-order chi connectivity index (χ0) is 14.5. The van der Waals surface area contributed by atoms with E-state index in [-0.39, 0.29) is 11.9 Å². The predicted octanol–water partition coefficient (Wildman–Crippen LogP) is 4.61. The highest BCUT2D eigenvalue weighted by Gasteiger charge is 2.19. The first-order valence-corrected chi connectivity index (χ1v) is 7.55. The van der Waals surface area contributed by atoms with Gasteiger partial charge in [0.05, 0.1) is 6.04 Å². The van der Waals surface area contributed by atoms with E-state index >= 15 is 0 Å². The van der Waals surface area contributed by atoms with Crippen LogP contribution in [0.3, 0.4) is 0 Å². The van der Waals surface area contributed by atoms with Gasteiger partial charge in [0, 0.05) is 4.47 Å². The number of alkyl halides is 1. The van der Waals surface area contributed by atoms with Gasteiger partial charge in [0.1, 0.15) is 5.38 Å². The Morgan fingerprint density at radius 3 is 2.25 bits per heavy atom. The van der Waals surface area contributed by atoms with Crippen LogP contribution in [-0.2, 0) is 4.79 Å². The second kappa shape index (κ2) is 6.91. The van der Waals surface area contributed by atoms with Gasteiger partial charge in [-0.05, 0) is 30.2 Å². The third-order valence-corrected chi connectivity index (χ3v) is 4.03. The molecule has 2 rings (SSSR count). The van der Waals surface area contributed by atoms with Gasteiger partial charge in [-0.25, -0.2) is 0 Å². The van der Waals surface area contributed by atoms with Crippen LogP contribution in [0.15, 0.2) is 59.1 Å². The van der Waals surface area contributed by atoms with Gasteiger partial charge in [0.15, 0.2) is 0 Å². The molecule has 0 aliphatic rings. The molecule has 0 saturated heterocycles. The van der Waals surface area contributed by atoms with Gasteiger partial charge in [-0.15, -0.1) is 11.6 Å². The van der Waals surface area contributed by atoms with Crippen LogP contribution in [-0.4, -0.2) is 5.91 Å². The molecule has 20 heavy (non-hydrogen) atoms. The van der Waals surface area contributed by atoms with Crippen molar-refractivity contribution in [1.82, 2.24) is 5.32 Å². The molecule has 0 heterocycles. The maximum absolute atomic E-state index is 12.1. The van der Waals surface area contributed by atoms with Gasteiger partial charge in [-0.3, -0.25) is 4.79 Å². The Morgan fingerprint density at radius 1 is 1.05 bits per heavy atom. The second-order valence-electron chi connectivity index (χ2n) is 4.56. The lowest BCUT2D eigenvalue weighted by Gasteiger charge is -2.17. The molecule has 0 bridgehead atoms. The summed E-state index contributed by atoms with van der Waals surface area (Å²) in [6, 6.07) is 17.1. The third-order valence-electron chi connectivity index (χ3n) is 3.05. The predicted molar refractivity (Wildman–Crippen MR) is 85.7 cm³/mol.